The lowest BCUT2D eigenvalue weighted by atomic mass is 9.74. The van der Waals surface area contributed by atoms with Crippen LogP contribution in [0.1, 0.15) is 36.8 Å². The monoisotopic (exact) mass is 513 g/mol. The van der Waals surface area contributed by atoms with Crippen LogP contribution in [0.2, 0.25) is 10.0 Å². The van der Waals surface area contributed by atoms with Gasteiger partial charge in [0.2, 0.25) is 5.91 Å². The molecule has 0 aromatic heterocycles. The number of para-hydroxylation sites is 1. The Morgan fingerprint density at radius 3 is 2.57 bits per heavy atom. The maximum absolute atomic E-state index is 12.6. The third-order valence-electron chi connectivity index (χ3n) is 8.13. The van der Waals surface area contributed by atoms with Gasteiger partial charge in [-0.3, -0.25) is 4.79 Å². The van der Waals surface area contributed by atoms with Crippen LogP contribution in [-0.4, -0.2) is 66.2 Å². The summed E-state index contributed by atoms with van der Waals surface area (Å²) in [6.45, 7) is 5.14. The highest BCUT2D eigenvalue weighted by molar-refractivity contribution is 6.42. The molecule has 1 amide bonds. The molecule has 3 aliphatic heterocycles. The Balaban J connectivity index is 1.07. The summed E-state index contributed by atoms with van der Waals surface area (Å²) in [4.78, 5) is 16.9. The second-order valence-corrected chi connectivity index (χ2v) is 11.0. The molecule has 186 valence electrons. The fourth-order valence-electron chi connectivity index (χ4n) is 5.88. The van der Waals surface area contributed by atoms with Gasteiger partial charge in [0, 0.05) is 43.4 Å². The molecular formula is C28H33Cl2N3O2. The predicted molar refractivity (Wildman–Crippen MR) is 143 cm³/mol. The third kappa shape index (κ3) is 5.39. The predicted octanol–water partition coefficient (Wildman–Crippen LogP) is 5.07. The number of rotatable bonds is 5. The van der Waals surface area contributed by atoms with Gasteiger partial charge in [0.05, 0.1) is 16.1 Å². The van der Waals surface area contributed by atoms with Crippen molar-refractivity contribution in [1.29, 1.82) is 0 Å². The van der Waals surface area contributed by atoms with Crippen LogP contribution in [0.15, 0.2) is 48.5 Å². The Morgan fingerprint density at radius 1 is 1.09 bits per heavy atom. The van der Waals surface area contributed by atoms with Crippen molar-refractivity contribution < 1.29 is 9.90 Å². The van der Waals surface area contributed by atoms with Crippen molar-refractivity contribution in [2.45, 2.75) is 37.2 Å². The van der Waals surface area contributed by atoms with Gasteiger partial charge in [-0.05, 0) is 80.1 Å². The fourth-order valence-corrected chi connectivity index (χ4v) is 6.18. The fraction of sp³-hybridized carbons (Fsp3) is 0.464. The first-order valence-corrected chi connectivity index (χ1v) is 13.3. The van der Waals surface area contributed by atoms with Crippen LogP contribution in [0, 0.1) is 5.92 Å². The molecule has 3 aliphatic rings. The standard InChI is InChI=1S/C28H33Cl2N3O2/c29-23-7-5-20(17-24(23)30)6-8-27(35)33-13-9-21(10-14-33)26(34)18-32-15-11-28(12-16-32)19-31-25-4-2-1-3-22(25)28/h1-8,17,21,26,31,34H,9-16,18-19H2/b8-6+. The van der Waals surface area contributed by atoms with Gasteiger partial charge in [0.15, 0.2) is 0 Å². The molecule has 3 heterocycles. The van der Waals surface area contributed by atoms with Crippen molar-refractivity contribution in [2.24, 2.45) is 5.92 Å². The number of anilines is 1. The van der Waals surface area contributed by atoms with E-state index in [0.717, 1.165) is 57.4 Å². The number of β-amino-alcohol motifs (C(OH)–C–C–N with tert-alkyl or cyclic N) is 1. The van der Waals surface area contributed by atoms with E-state index in [2.05, 4.69) is 34.5 Å². The summed E-state index contributed by atoms with van der Waals surface area (Å²) in [5.41, 5.74) is 3.84. The number of amides is 1. The molecule has 5 nitrogen and oxygen atoms in total. The molecule has 2 aromatic carbocycles. The Morgan fingerprint density at radius 2 is 1.83 bits per heavy atom. The minimum atomic E-state index is -0.345. The number of carbonyl (C=O) groups is 1. The quantitative estimate of drug-likeness (QED) is 0.548. The summed E-state index contributed by atoms with van der Waals surface area (Å²) in [6.07, 6.45) is 6.94. The van der Waals surface area contributed by atoms with Crippen LogP contribution in [0.3, 0.4) is 0 Å². The number of benzene rings is 2. The van der Waals surface area contributed by atoms with Gasteiger partial charge in [-0.2, -0.15) is 0 Å². The smallest absolute Gasteiger partial charge is 0.246 e. The van der Waals surface area contributed by atoms with Crippen molar-refractivity contribution in [3.05, 3.63) is 69.7 Å². The molecule has 2 N–H and O–H groups in total. The van der Waals surface area contributed by atoms with Crippen molar-refractivity contribution in [1.82, 2.24) is 9.80 Å². The normalized spacial score (nSPS) is 21.3. The van der Waals surface area contributed by atoms with E-state index in [1.807, 2.05) is 11.0 Å². The number of halogens is 2. The molecule has 2 aromatic rings. The maximum atomic E-state index is 12.6. The van der Waals surface area contributed by atoms with Crippen LogP contribution in [0.4, 0.5) is 5.69 Å². The van der Waals surface area contributed by atoms with E-state index in [9.17, 15) is 9.90 Å². The number of aliphatic hydroxyl groups excluding tert-OH is 1. The molecule has 0 saturated carbocycles. The first-order chi connectivity index (χ1) is 16.9. The van der Waals surface area contributed by atoms with E-state index < -0.39 is 0 Å². The van der Waals surface area contributed by atoms with Gasteiger partial charge in [-0.1, -0.05) is 47.5 Å². The number of carbonyl (C=O) groups excluding carboxylic acids is 1. The molecule has 0 radical (unpaired) electrons. The first kappa shape index (κ1) is 24.6. The van der Waals surface area contributed by atoms with Gasteiger partial charge in [-0.15, -0.1) is 0 Å². The lowest BCUT2D eigenvalue weighted by Crippen LogP contribution is -2.48. The number of piperidine rings is 2. The Labute approximate surface area is 217 Å². The van der Waals surface area contributed by atoms with Crippen LogP contribution in [0.25, 0.3) is 6.08 Å². The molecule has 7 heteroatoms. The minimum absolute atomic E-state index is 0.00389. The highest BCUT2D eigenvalue weighted by Crippen LogP contribution is 2.43. The number of hydrogen-bond donors (Lipinski definition) is 2. The first-order valence-electron chi connectivity index (χ1n) is 12.6. The molecule has 1 atom stereocenters. The van der Waals surface area contributed by atoms with Gasteiger partial charge >= 0.3 is 0 Å². The number of fused-ring (bicyclic) bond motifs is 2. The molecule has 0 bridgehead atoms. The molecule has 5 rings (SSSR count). The van der Waals surface area contributed by atoms with E-state index in [-0.39, 0.29) is 23.3 Å². The lowest BCUT2D eigenvalue weighted by molar-refractivity contribution is -0.128. The molecule has 2 saturated heterocycles. The van der Waals surface area contributed by atoms with Crippen LogP contribution in [-0.2, 0) is 10.2 Å². The van der Waals surface area contributed by atoms with E-state index >= 15 is 0 Å². The molecule has 2 fully saturated rings. The van der Waals surface area contributed by atoms with Gasteiger partial charge < -0.3 is 20.2 Å². The number of nitrogens with zero attached hydrogens (tertiary/aromatic N) is 2. The average Bonchev–Trinajstić information content (AvgIpc) is 3.24. The van der Waals surface area contributed by atoms with Crippen molar-refractivity contribution in [3.8, 4) is 0 Å². The minimum Gasteiger partial charge on any atom is -0.392 e. The molecule has 1 unspecified atom stereocenters. The third-order valence-corrected chi connectivity index (χ3v) is 8.87. The zero-order valence-corrected chi connectivity index (χ0v) is 21.4. The average molecular weight is 514 g/mol. The van der Waals surface area contributed by atoms with Crippen molar-refractivity contribution in [3.63, 3.8) is 0 Å². The SMILES string of the molecule is O=C(/C=C/c1ccc(Cl)c(Cl)c1)N1CCC(C(O)CN2CCC3(CC2)CNc2ccccc23)CC1. The molecule has 1 spiro atoms. The van der Waals surface area contributed by atoms with E-state index in [1.165, 1.54) is 11.3 Å². The van der Waals surface area contributed by atoms with E-state index in [4.69, 9.17) is 23.2 Å². The highest BCUT2D eigenvalue weighted by Gasteiger charge is 2.41. The van der Waals surface area contributed by atoms with Gasteiger partial charge in [-0.25, -0.2) is 0 Å². The van der Waals surface area contributed by atoms with Crippen LogP contribution < -0.4 is 5.32 Å². The van der Waals surface area contributed by atoms with Crippen molar-refractivity contribution >= 4 is 40.9 Å². The summed E-state index contributed by atoms with van der Waals surface area (Å²) in [7, 11) is 0. The van der Waals surface area contributed by atoms with Crippen molar-refractivity contribution in [2.75, 3.05) is 44.6 Å². The lowest BCUT2D eigenvalue weighted by Gasteiger charge is -2.41. The summed E-state index contributed by atoms with van der Waals surface area (Å²) < 4.78 is 0. The van der Waals surface area contributed by atoms with Gasteiger partial charge in [0.1, 0.15) is 0 Å². The van der Waals surface area contributed by atoms with Crippen LogP contribution in [0.5, 0.6) is 0 Å². The number of likely N-dealkylation sites (tertiary alicyclic amines) is 2. The van der Waals surface area contributed by atoms with E-state index in [1.54, 1.807) is 24.3 Å². The summed E-state index contributed by atoms with van der Waals surface area (Å²) >= 11 is 12.0. The Bertz CT molecular complexity index is 1090. The largest absolute Gasteiger partial charge is 0.392 e. The number of nitrogens with one attached hydrogen (secondary N) is 1. The zero-order valence-electron chi connectivity index (χ0n) is 19.9. The Hall–Kier alpha value is -2.05. The second-order valence-electron chi connectivity index (χ2n) is 10.2. The summed E-state index contributed by atoms with van der Waals surface area (Å²) in [5.74, 6) is 0.235. The second kappa shape index (κ2) is 10.5. The van der Waals surface area contributed by atoms with E-state index in [0.29, 0.717) is 23.1 Å². The van der Waals surface area contributed by atoms with Crippen LogP contribution >= 0.6 is 23.2 Å². The highest BCUT2D eigenvalue weighted by atomic mass is 35.5. The summed E-state index contributed by atoms with van der Waals surface area (Å²) in [5, 5.41) is 15.5. The summed E-state index contributed by atoms with van der Waals surface area (Å²) in [6, 6.07) is 14.0. The zero-order chi connectivity index (χ0) is 24.4. The van der Waals surface area contributed by atoms with Gasteiger partial charge in [0.25, 0.3) is 0 Å². The molecular weight excluding hydrogens is 481 g/mol. The topological polar surface area (TPSA) is 55.8 Å². The maximum Gasteiger partial charge on any atom is 0.246 e. The Kier molecular flexibility index (Phi) is 7.40. The number of aliphatic hydroxyl groups is 1. The number of hydrogen-bond acceptors (Lipinski definition) is 4. The molecule has 35 heavy (non-hydrogen) atoms. The molecule has 0 aliphatic carbocycles.